The van der Waals surface area contributed by atoms with Gasteiger partial charge in [0.05, 0.1) is 11.5 Å². The van der Waals surface area contributed by atoms with Crippen LogP contribution in [0.25, 0.3) is 0 Å². The quantitative estimate of drug-likeness (QED) is 0.575. The molecule has 4 saturated carbocycles. The Kier molecular flexibility index (Phi) is 4.68. The van der Waals surface area contributed by atoms with Gasteiger partial charge in [-0.15, -0.1) is 0 Å². The van der Waals surface area contributed by atoms with Crippen molar-refractivity contribution in [2.45, 2.75) is 76.5 Å². The van der Waals surface area contributed by atoms with Crippen molar-refractivity contribution < 1.29 is 23.9 Å². The first-order chi connectivity index (χ1) is 12.3. The van der Waals surface area contributed by atoms with E-state index in [0.717, 1.165) is 37.0 Å². The van der Waals surface area contributed by atoms with E-state index in [1.165, 1.54) is 19.3 Å². The highest BCUT2D eigenvalue weighted by atomic mass is 32.1. The van der Waals surface area contributed by atoms with Crippen LogP contribution >= 0.6 is 12.6 Å². The Bertz CT molecular complexity index is 573. The molecule has 1 N–H and O–H groups in total. The third kappa shape index (κ3) is 2.83. The van der Waals surface area contributed by atoms with E-state index in [0.29, 0.717) is 12.2 Å². The van der Waals surface area contributed by atoms with Crippen molar-refractivity contribution in [2.24, 2.45) is 23.7 Å². The molecule has 1 heterocycles. The number of quaternary nitrogens is 1. The third-order valence-corrected chi connectivity index (χ3v) is 8.22. The van der Waals surface area contributed by atoms with E-state index in [1.54, 1.807) is 6.92 Å². The van der Waals surface area contributed by atoms with Gasteiger partial charge in [0.2, 0.25) is 0 Å². The topological polar surface area (TPSA) is 63.6 Å². The molecule has 4 aliphatic carbocycles. The fraction of sp³-hybridized carbons (Fsp3) is 0.900. The second kappa shape index (κ2) is 6.49. The predicted octanol–water partition coefficient (Wildman–Crippen LogP) is 3.72. The van der Waals surface area contributed by atoms with Crippen LogP contribution in [0.2, 0.25) is 0 Å². The minimum atomic E-state index is -1.03. The van der Waals surface area contributed by atoms with Gasteiger partial charge in [0.15, 0.2) is 0 Å². The van der Waals surface area contributed by atoms with E-state index in [-0.39, 0.29) is 36.1 Å². The number of imide groups is 1. The summed E-state index contributed by atoms with van der Waals surface area (Å²) < 4.78 is 6.21. The van der Waals surface area contributed by atoms with Gasteiger partial charge in [0.25, 0.3) is 0 Å². The lowest BCUT2D eigenvalue weighted by molar-refractivity contribution is -0.795. The first kappa shape index (κ1) is 18.8. The summed E-state index contributed by atoms with van der Waals surface area (Å²) >= 11 is 4.22. The van der Waals surface area contributed by atoms with Gasteiger partial charge in [-0.25, -0.2) is 4.79 Å². The molecular weight excluding hydrogens is 350 g/mol. The zero-order valence-corrected chi connectivity index (χ0v) is 16.8. The molecule has 5 nitrogen and oxygen atoms in total. The van der Waals surface area contributed by atoms with Gasteiger partial charge in [0, 0.05) is 12.2 Å². The number of hydrogen-bond donors (Lipinski definition) is 2. The maximum atomic E-state index is 12.9. The fourth-order valence-corrected chi connectivity index (χ4v) is 7.05. The Hall–Kier alpha value is -0.590. The summed E-state index contributed by atoms with van der Waals surface area (Å²) in [6, 6.07) is -0.249. The van der Waals surface area contributed by atoms with Crippen molar-refractivity contribution >= 4 is 24.6 Å². The largest absolute Gasteiger partial charge is 0.521 e. The molecule has 1 saturated heterocycles. The minimum absolute atomic E-state index is 0.0458. The van der Waals surface area contributed by atoms with Gasteiger partial charge >= 0.3 is 12.0 Å². The SMILES string of the molecule is CC(CS)C(=O)[N@@+]1(C(=O)O)C[C@H](OC23CC4CC(CC(C4)C2)C3)C[C@H]1C. The van der Waals surface area contributed by atoms with Gasteiger partial charge < -0.3 is 9.84 Å². The summed E-state index contributed by atoms with van der Waals surface area (Å²) in [5, 5.41) is 9.97. The molecule has 0 aromatic heterocycles. The van der Waals surface area contributed by atoms with Crippen LogP contribution in [0.4, 0.5) is 4.79 Å². The molecule has 0 aromatic rings. The van der Waals surface area contributed by atoms with Gasteiger partial charge in [-0.2, -0.15) is 21.9 Å². The average Bonchev–Trinajstić information content (AvgIpc) is 2.88. The van der Waals surface area contributed by atoms with Crippen molar-refractivity contribution in [1.82, 2.24) is 0 Å². The number of hydrogen-bond acceptors (Lipinski definition) is 4. The van der Waals surface area contributed by atoms with Crippen molar-refractivity contribution in [3.05, 3.63) is 0 Å². The Morgan fingerprint density at radius 3 is 2.15 bits per heavy atom. The number of likely N-dealkylation sites (tertiary alicyclic amines) is 1. The first-order valence-electron chi connectivity index (χ1n) is 10.2. The summed E-state index contributed by atoms with van der Waals surface area (Å²) in [6.45, 7) is 3.94. The molecule has 5 fully saturated rings. The molecule has 6 heteroatoms. The predicted molar refractivity (Wildman–Crippen MR) is 101 cm³/mol. The number of amides is 2. The van der Waals surface area contributed by atoms with Gasteiger partial charge in [0.1, 0.15) is 18.7 Å². The lowest BCUT2D eigenvalue weighted by Crippen LogP contribution is -2.61. The standard InChI is InChI=1S/C20H31NO4S/c1-12(11-26)18(22)21(19(23)24)10-17(3-13(21)2)25-20-7-14-4-15(8-20)6-16(5-14)9-20/h12-17H,3-11H2,1-2H3,(H-,23,24,26)/p+1/t12?,13-,14?,15?,16?,17-,20?,21-/m1/s1. The van der Waals surface area contributed by atoms with Gasteiger partial charge in [-0.05, 0) is 70.1 Å². The van der Waals surface area contributed by atoms with Crippen LogP contribution in [0.5, 0.6) is 0 Å². The highest BCUT2D eigenvalue weighted by Crippen LogP contribution is 2.57. The van der Waals surface area contributed by atoms with E-state index in [4.69, 9.17) is 4.74 Å². The van der Waals surface area contributed by atoms with Crippen molar-refractivity contribution in [1.29, 1.82) is 0 Å². The number of carbonyl (C=O) groups excluding carboxylic acids is 1. The van der Waals surface area contributed by atoms with E-state index in [9.17, 15) is 14.7 Å². The molecule has 5 aliphatic rings. The van der Waals surface area contributed by atoms with Crippen LogP contribution in [0.1, 0.15) is 58.8 Å². The number of thiol groups is 1. The highest BCUT2D eigenvalue weighted by molar-refractivity contribution is 7.80. The van der Waals surface area contributed by atoms with Crippen molar-refractivity contribution in [3.63, 3.8) is 0 Å². The van der Waals surface area contributed by atoms with Crippen molar-refractivity contribution in [3.8, 4) is 0 Å². The molecule has 0 spiro atoms. The number of nitrogens with zero attached hydrogens (tertiary/aromatic N) is 1. The lowest BCUT2D eigenvalue weighted by atomic mass is 9.54. The summed E-state index contributed by atoms with van der Waals surface area (Å²) in [7, 11) is 0. The van der Waals surface area contributed by atoms with E-state index in [2.05, 4.69) is 12.6 Å². The molecule has 26 heavy (non-hydrogen) atoms. The van der Waals surface area contributed by atoms with E-state index < -0.39 is 10.6 Å². The zero-order chi connectivity index (χ0) is 18.7. The molecule has 1 aliphatic heterocycles. The van der Waals surface area contributed by atoms with Crippen LogP contribution in [0, 0.1) is 23.7 Å². The van der Waals surface area contributed by atoms with Crippen LogP contribution in [-0.2, 0) is 9.53 Å². The van der Waals surface area contributed by atoms with E-state index in [1.807, 2.05) is 6.92 Å². The van der Waals surface area contributed by atoms with Gasteiger partial charge in [-0.3, -0.25) is 0 Å². The Labute approximate surface area is 161 Å². The monoisotopic (exact) mass is 382 g/mol. The molecule has 5 rings (SSSR count). The summed E-state index contributed by atoms with van der Waals surface area (Å²) in [5.41, 5.74) is -0.0458. The minimum Gasteiger partial charge on any atom is -0.435 e. The maximum absolute atomic E-state index is 12.9. The van der Waals surface area contributed by atoms with Crippen LogP contribution in [0.15, 0.2) is 0 Å². The maximum Gasteiger partial charge on any atom is 0.521 e. The summed E-state index contributed by atoms with van der Waals surface area (Å²) in [6.07, 6.45) is 6.97. The smallest absolute Gasteiger partial charge is 0.435 e. The molecule has 1 unspecified atom stereocenters. The number of carboxylic acid groups (broad SMARTS) is 1. The Balaban J connectivity index is 1.53. The molecule has 146 valence electrons. The highest BCUT2D eigenvalue weighted by Gasteiger charge is 2.60. The van der Waals surface area contributed by atoms with Crippen LogP contribution < -0.4 is 0 Å². The van der Waals surface area contributed by atoms with E-state index >= 15 is 0 Å². The summed E-state index contributed by atoms with van der Waals surface area (Å²) in [5.74, 6) is 2.17. The zero-order valence-electron chi connectivity index (χ0n) is 15.9. The molecule has 0 aromatic carbocycles. The second-order valence-electron chi connectivity index (χ2n) is 9.68. The normalized spacial score (nSPS) is 47.9. The van der Waals surface area contributed by atoms with Gasteiger partial charge in [-0.1, -0.05) is 0 Å². The molecule has 2 amide bonds. The fourth-order valence-electron chi connectivity index (χ4n) is 6.89. The Morgan fingerprint density at radius 2 is 1.69 bits per heavy atom. The van der Waals surface area contributed by atoms with Crippen LogP contribution in [0.3, 0.4) is 0 Å². The summed E-state index contributed by atoms with van der Waals surface area (Å²) in [4.78, 5) is 25.1. The molecule has 0 radical (unpaired) electrons. The van der Waals surface area contributed by atoms with Crippen molar-refractivity contribution in [2.75, 3.05) is 12.3 Å². The number of carbonyl (C=O) groups is 2. The number of rotatable bonds is 4. The number of ether oxygens (including phenoxy) is 1. The second-order valence-corrected chi connectivity index (χ2v) is 10.0. The first-order valence-corrected chi connectivity index (χ1v) is 10.9. The molecule has 4 bridgehead atoms. The Morgan fingerprint density at radius 1 is 1.15 bits per heavy atom. The third-order valence-electron chi connectivity index (χ3n) is 7.68. The molecule has 4 atom stereocenters. The lowest BCUT2D eigenvalue weighted by Gasteiger charge is -2.56. The van der Waals surface area contributed by atoms with Crippen LogP contribution in [-0.4, -0.2) is 51.6 Å². The average molecular weight is 383 g/mol. The molecular formula is C20H32NO4S+.